The van der Waals surface area contributed by atoms with Crippen LogP contribution in [0.2, 0.25) is 0 Å². The summed E-state index contributed by atoms with van der Waals surface area (Å²) >= 11 is 5.94. The normalized spacial score (nSPS) is 17.6. The molecule has 1 saturated carbocycles. The molecule has 1 aliphatic rings. The molecule has 1 heterocycles. The van der Waals surface area contributed by atoms with Crippen molar-refractivity contribution in [1.29, 1.82) is 0 Å². The molecule has 0 saturated heterocycles. The highest BCUT2D eigenvalue weighted by molar-refractivity contribution is 6.16. The zero-order valence-electron chi connectivity index (χ0n) is 10.8. The second-order valence-corrected chi connectivity index (χ2v) is 5.36. The summed E-state index contributed by atoms with van der Waals surface area (Å²) in [4.78, 5) is 4.31. The van der Waals surface area contributed by atoms with Gasteiger partial charge in [0, 0.05) is 7.11 Å². The van der Waals surface area contributed by atoms with E-state index in [4.69, 9.17) is 16.3 Å². The largest absolute Gasteiger partial charge is 0.376 e. The second kappa shape index (κ2) is 4.76. The Kier molecular flexibility index (Phi) is 3.23. The molecule has 0 N–H and O–H groups in total. The molecule has 3 nitrogen and oxygen atoms in total. The maximum absolute atomic E-state index is 13.8. The smallest absolute Gasteiger partial charge is 0.151 e. The van der Waals surface area contributed by atoms with Crippen LogP contribution in [0.25, 0.3) is 11.0 Å². The quantitative estimate of drug-likeness (QED) is 0.803. The van der Waals surface area contributed by atoms with Crippen LogP contribution in [0.15, 0.2) is 18.2 Å². The van der Waals surface area contributed by atoms with Crippen molar-refractivity contribution < 1.29 is 9.13 Å². The maximum Gasteiger partial charge on any atom is 0.151 e. The minimum Gasteiger partial charge on any atom is -0.376 e. The number of nitrogens with zero attached hydrogens (tertiary/aromatic N) is 2. The summed E-state index contributed by atoms with van der Waals surface area (Å²) in [6.07, 6.45) is 3.23. The first-order valence-corrected chi connectivity index (χ1v) is 6.97. The predicted octanol–water partition coefficient (Wildman–Crippen LogP) is 3.48. The molecule has 0 atom stereocenters. The van der Waals surface area contributed by atoms with Crippen molar-refractivity contribution in [1.82, 2.24) is 9.55 Å². The van der Waals surface area contributed by atoms with Crippen molar-refractivity contribution in [3.05, 3.63) is 29.8 Å². The van der Waals surface area contributed by atoms with Gasteiger partial charge in [-0.2, -0.15) is 0 Å². The van der Waals surface area contributed by atoms with Gasteiger partial charge in [-0.3, -0.25) is 0 Å². The maximum atomic E-state index is 13.8. The third-order valence-corrected chi connectivity index (χ3v) is 4.31. The van der Waals surface area contributed by atoms with Crippen LogP contribution < -0.4 is 0 Å². The first kappa shape index (κ1) is 12.9. The monoisotopic (exact) mass is 282 g/mol. The fourth-order valence-corrected chi connectivity index (χ4v) is 2.93. The van der Waals surface area contributed by atoms with E-state index >= 15 is 0 Å². The summed E-state index contributed by atoms with van der Waals surface area (Å²) in [5, 5.41) is 0. The Morgan fingerprint density at radius 1 is 1.47 bits per heavy atom. The molecule has 2 aromatic rings. The molecule has 0 amide bonds. The van der Waals surface area contributed by atoms with Gasteiger partial charge in [0.25, 0.3) is 0 Å². The summed E-state index contributed by atoms with van der Waals surface area (Å²) in [6.45, 7) is 0.686. The van der Waals surface area contributed by atoms with Crippen molar-refractivity contribution in [3.63, 3.8) is 0 Å². The van der Waals surface area contributed by atoms with E-state index < -0.39 is 0 Å². The number of aromatic nitrogens is 2. The number of rotatable bonds is 4. The van der Waals surface area contributed by atoms with Crippen molar-refractivity contribution in [2.24, 2.45) is 0 Å². The van der Waals surface area contributed by atoms with E-state index in [9.17, 15) is 4.39 Å². The molecule has 0 aliphatic heterocycles. The van der Waals surface area contributed by atoms with Crippen LogP contribution in [0.1, 0.15) is 25.1 Å². The standard InChI is InChI=1S/C14H16ClFN2O/c1-19-14(6-3-7-14)9-18-11-5-2-4-10(16)13(11)17-12(18)8-15/h2,4-5H,3,6-9H2,1H3. The molecule has 1 aromatic carbocycles. The highest BCUT2D eigenvalue weighted by Crippen LogP contribution is 2.37. The lowest BCUT2D eigenvalue weighted by Gasteiger charge is -2.41. The number of methoxy groups -OCH3 is 1. The lowest BCUT2D eigenvalue weighted by Crippen LogP contribution is -2.43. The number of para-hydroxylation sites is 1. The molecule has 0 spiro atoms. The lowest BCUT2D eigenvalue weighted by molar-refractivity contribution is -0.0831. The van der Waals surface area contributed by atoms with Gasteiger partial charge >= 0.3 is 0 Å². The molecule has 0 unspecified atom stereocenters. The lowest BCUT2D eigenvalue weighted by atomic mass is 9.80. The Morgan fingerprint density at radius 2 is 2.26 bits per heavy atom. The van der Waals surface area contributed by atoms with Crippen molar-refractivity contribution in [3.8, 4) is 0 Å². The Morgan fingerprint density at radius 3 is 2.84 bits per heavy atom. The number of imidazole rings is 1. The van der Waals surface area contributed by atoms with Crippen LogP contribution in [0.5, 0.6) is 0 Å². The van der Waals surface area contributed by atoms with Gasteiger partial charge in [0.2, 0.25) is 0 Å². The third kappa shape index (κ3) is 2.03. The van der Waals surface area contributed by atoms with Gasteiger partial charge in [-0.25, -0.2) is 9.37 Å². The van der Waals surface area contributed by atoms with E-state index in [1.165, 1.54) is 12.5 Å². The fourth-order valence-electron chi connectivity index (χ4n) is 2.73. The summed E-state index contributed by atoms with van der Waals surface area (Å²) in [7, 11) is 1.74. The molecule has 102 valence electrons. The molecular weight excluding hydrogens is 267 g/mol. The summed E-state index contributed by atoms with van der Waals surface area (Å²) in [6, 6.07) is 5.00. The molecule has 3 rings (SSSR count). The van der Waals surface area contributed by atoms with Gasteiger partial charge in [0.1, 0.15) is 11.3 Å². The van der Waals surface area contributed by atoms with E-state index in [-0.39, 0.29) is 17.3 Å². The molecule has 1 aromatic heterocycles. The molecule has 0 radical (unpaired) electrons. The number of fused-ring (bicyclic) bond motifs is 1. The first-order chi connectivity index (χ1) is 9.19. The zero-order chi connectivity index (χ0) is 13.5. The van der Waals surface area contributed by atoms with E-state index in [1.54, 1.807) is 13.2 Å². The Balaban J connectivity index is 2.08. The van der Waals surface area contributed by atoms with Crippen molar-refractivity contribution in [2.45, 2.75) is 37.3 Å². The van der Waals surface area contributed by atoms with Gasteiger partial charge in [-0.1, -0.05) is 6.07 Å². The van der Waals surface area contributed by atoms with E-state index in [0.717, 1.165) is 18.4 Å². The van der Waals surface area contributed by atoms with Crippen LogP contribution in [0.3, 0.4) is 0 Å². The summed E-state index contributed by atoms with van der Waals surface area (Å²) in [5.74, 6) is 0.668. The average molecular weight is 283 g/mol. The van der Waals surface area contributed by atoms with Gasteiger partial charge in [-0.15, -0.1) is 11.6 Å². The number of halogens is 2. The molecule has 19 heavy (non-hydrogen) atoms. The first-order valence-electron chi connectivity index (χ1n) is 6.44. The average Bonchev–Trinajstić information content (AvgIpc) is 2.73. The number of benzene rings is 1. The van der Waals surface area contributed by atoms with Gasteiger partial charge < -0.3 is 9.30 Å². The van der Waals surface area contributed by atoms with Crippen LogP contribution in [-0.2, 0) is 17.2 Å². The van der Waals surface area contributed by atoms with Crippen LogP contribution >= 0.6 is 11.6 Å². The zero-order valence-corrected chi connectivity index (χ0v) is 11.6. The number of alkyl halides is 1. The Hall–Kier alpha value is -1.13. The van der Waals surface area contributed by atoms with Crippen LogP contribution in [0.4, 0.5) is 4.39 Å². The van der Waals surface area contributed by atoms with E-state index in [1.807, 2.05) is 10.6 Å². The van der Waals surface area contributed by atoms with E-state index in [2.05, 4.69) is 4.98 Å². The summed E-state index contributed by atoms with van der Waals surface area (Å²) in [5.41, 5.74) is 1.04. The van der Waals surface area contributed by atoms with Gasteiger partial charge in [-0.05, 0) is 31.4 Å². The molecule has 0 bridgehead atoms. The third-order valence-electron chi connectivity index (χ3n) is 4.07. The summed E-state index contributed by atoms with van der Waals surface area (Å²) < 4.78 is 21.4. The van der Waals surface area contributed by atoms with E-state index in [0.29, 0.717) is 17.9 Å². The Bertz CT molecular complexity index is 601. The SMILES string of the molecule is COC1(Cn2c(CCl)nc3c(F)cccc32)CCC1. The second-order valence-electron chi connectivity index (χ2n) is 5.10. The molecule has 5 heteroatoms. The van der Waals surface area contributed by atoms with Gasteiger partial charge in [0.05, 0.1) is 23.5 Å². The van der Waals surface area contributed by atoms with Crippen LogP contribution in [-0.4, -0.2) is 22.3 Å². The Labute approximate surface area is 116 Å². The minimum atomic E-state index is -0.303. The molecule has 1 aliphatic carbocycles. The number of ether oxygens (including phenoxy) is 1. The van der Waals surface area contributed by atoms with Crippen molar-refractivity contribution in [2.75, 3.05) is 7.11 Å². The van der Waals surface area contributed by atoms with Crippen LogP contribution in [0, 0.1) is 5.82 Å². The fraction of sp³-hybridized carbons (Fsp3) is 0.500. The van der Waals surface area contributed by atoms with Gasteiger partial charge in [0.15, 0.2) is 5.82 Å². The molecular formula is C14H16ClFN2O. The highest BCUT2D eigenvalue weighted by Gasteiger charge is 2.38. The number of hydrogen-bond acceptors (Lipinski definition) is 2. The highest BCUT2D eigenvalue weighted by atomic mass is 35.5. The molecule has 1 fully saturated rings. The minimum absolute atomic E-state index is 0.138. The van der Waals surface area contributed by atoms with Crippen molar-refractivity contribution >= 4 is 22.6 Å². The predicted molar refractivity (Wildman–Crippen MR) is 72.8 cm³/mol. The number of hydrogen-bond donors (Lipinski definition) is 0. The topological polar surface area (TPSA) is 27.1 Å².